The van der Waals surface area contributed by atoms with Gasteiger partial charge in [-0.05, 0) is 34.8 Å². The molecule has 2 aromatic rings. The summed E-state index contributed by atoms with van der Waals surface area (Å²) in [6.07, 6.45) is 7.04. The highest BCUT2D eigenvalue weighted by molar-refractivity contribution is 9.10. The van der Waals surface area contributed by atoms with Crippen LogP contribution in [0.4, 0.5) is 0 Å². The van der Waals surface area contributed by atoms with Gasteiger partial charge in [0.25, 0.3) is 5.91 Å². The van der Waals surface area contributed by atoms with Crippen LogP contribution < -0.4 is 5.32 Å². The molecule has 1 aliphatic rings. The zero-order valence-corrected chi connectivity index (χ0v) is 14.2. The summed E-state index contributed by atoms with van der Waals surface area (Å²) < 4.78 is 1.72. The summed E-state index contributed by atoms with van der Waals surface area (Å²) in [6, 6.07) is 1.78. The van der Waals surface area contributed by atoms with Crippen molar-refractivity contribution < 1.29 is 14.7 Å². The van der Waals surface area contributed by atoms with E-state index >= 15 is 0 Å². The molecule has 0 spiro atoms. The molecule has 5 nitrogen and oxygen atoms in total. The Balaban J connectivity index is 1.88. The predicted octanol–water partition coefficient (Wildman–Crippen LogP) is 3.58. The number of pyridine rings is 1. The van der Waals surface area contributed by atoms with Crippen molar-refractivity contribution in [3.05, 3.63) is 27.8 Å². The SMILES string of the molecule is O=C(NC1(C(=O)O)CCCCC1)c1cc2c(Br)cncc2s1. The van der Waals surface area contributed by atoms with Crippen molar-refractivity contribution in [1.29, 1.82) is 0 Å². The number of hydrogen-bond donors (Lipinski definition) is 2. The monoisotopic (exact) mass is 382 g/mol. The number of hydrogen-bond acceptors (Lipinski definition) is 4. The number of nitrogens with zero attached hydrogens (tertiary/aromatic N) is 1. The molecule has 7 heteroatoms. The third-order valence-corrected chi connectivity index (χ3v) is 5.79. The molecule has 0 unspecified atom stereocenters. The van der Waals surface area contributed by atoms with Gasteiger partial charge in [-0.25, -0.2) is 4.79 Å². The number of carboxylic acid groups (broad SMARTS) is 1. The van der Waals surface area contributed by atoms with Gasteiger partial charge < -0.3 is 10.4 Å². The van der Waals surface area contributed by atoms with Crippen LogP contribution in [0.25, 0.3) is 10.1 Å². The third kappa shape index (κ3) is 2.75. The summed E-state index contributed by atoms with van der Waals surface area (Å²) in [6.45, 7) is 0. The van der Waals surface area contributed by atoms with Gasteiger partial charge in [-0.1, -0.05) is 19.3 Å². The van der Waals surface area contributed by atoms with Crippen molar-refractivity contribution in [2.75, 3.05) is 0 Å². The van der Waals surface area contributed by atoms with E-state index in [2.05, 4.69) is 26.2 Å². The number of thiophene rings is 1. The van der Waals surface area contributed by atoms with E-state index in [0.717, 1.165) is 33.8 Å². The highest BCUT2D eigenvalue weighted by Gasteiger charge is 2.41. The predicted molar refractivity (Wildman–Crippen MR) is 88.2 cm³/mol. The Labute approximate surface area is 139 Å². The van der Waals surface area contributed by atoms with E-state index in [-0.39, 0.29) is 5.91 Å². The van der Waals surface area contributed by atoms with Gasteiger partial charge in [0.2, 0.25) is 0 Å². The third-order valence-electron chi connectivity index (χ3n) is 4.09. The van der Waals surface area contributed by atoms with Crippen LogP contribution in [0.3, 0.4) is 0 Å². The lowest BCUT2D eigenvalue weighted by atomic mass is 9.81. The molecule has 0 aliphatic heterocycles. The Bertz CT molecular complexity index is 737. The van der Waals surface area contributed by atoms with E-state index in [0.29, 0.717) is 17.7 Å². The molecule has 3 rings (SSSR count). The smallest absolute Gasteiger partial charge is 0.329 e. The van der Waals surface area contributed by atoms with Crippen LogP contribution in [0.1, 0.15) is 41.8 Å². The molecule has 0 bridgehead atoms. The first-order chi connectivity index (χ1) is 10.5. The van der Waals surface area contributed by atoms with Gasteiger partial charge >= 0.3 is 5.97 Å². The summed E-state index contributed by atoms with van der Waals surface area (Å²) in [5.74, 6) is -1.26. The van der Waals surface area contributed by atoms with Crippen LogP contribution in [-0.4, -0.2) is 27.5 Å². The first kappa shape index (κ1) is 15.4. The minimum Gasteiger partial charge on any atom is -0.480 e. The van der Waals surface area contributed by atoms with Crippen molar-refractivity contribution in [2.45, 2.75) is 37.6 Å². The summed E-state index contributed by atoms with van der Waals surface area (Å²) in [5.41, 5.74) is -1.12. The van der Waals surface area contributed by atoms with Crippen LogP contribution >= 0.6 is 27.3 Å². The highest BCUT2D eigenvalue weighted by atomic mass is 79.9. The van der Waals surface area contributed by atoms with Crippen molar-refractivity contribution in [3.8, 4) is 0 Å². The fraction of sp³-hybridized carbons (Fsp3) is 0.400. The van der Waals surface area contributed by atoms with Gasteiger partial charge in [-0.15, -0.1) is 11.3 Å². The number of halogens is 1. The quantitative estimate of drug-likeness (QED) is 0.849. The average molecular weight is 383 g/mol. The maximum atomic E-state index is 12.5. The minimum absolute atomic E-state index is 0.322. The Morgan fingerprint density at radius 1 is 1.27 bits per heavy atom. The van der Waals surface area contributed by atoms with Crippen molar-refractivity contribution in [2.24, 2.45) is 0 Å². The maximum Gasteiger partial charge on any atom is 0.329 e. The van der Waals surface area contributed by atoms with E-state index in [1.165, 1.54) is 11.3 Å². The van der Waals surface area contributed by atoms with Gasteiger partial charge in [0.1, 0.15) is 5.54 Å². The normalized spacial score (nSPS) is 17.3. The van der Waals surface area contributed by atoms with E-state index in [9.17, 15) is 14.7 Å². The average Bonchev–Trinajstić information content (AvgIpc) is 2.94. The number of aromatic nitrogens is 1. The fourth-order valence-corrected chi connectivity index (χ4v) is 4.39. The molecule has 0 saturated heterocycles. The molecule has 0 aromatic carbocycles. The molecule has 116 valence electrons. The fourth-order valence-electron chi connectivity index (χ4n) is 2.87. The molecule has 0 radical (unpaired) electrons. The first-order valence-electron chi connectivity index (χ1n) is 7.11. The first-order valence-corrected chi connectivity index (χ1v) is 8.72. The molecule has 2 N–H and O–H groups in total. The summed E-state index contributed by atoms with van der Waals surface area (Å²) in [5, 5.41) is 13.2. The van der Waals surface area contributed by atoms with Crippen molar-refractivity contribution in [3.63, 3.8) is 0 Å². The number of aliphatic carboxylic acids is 1. The number of carboxylic acids is 1. The van der Waals surface area contributed by atoms with Crippen molar-refractivity contribution >= 4 is 49.2 Å². The second-order valence-electron chi connectivity index (χ2n) is 5.55. The van der Waals surface area contributed by atoms with Crippen LogP contribution in [-0.2, 0) is 4.79 Å². The molecule has 1 aliphatic carbocycles. The Morgan fingerprint density at radius 3 is 2.64 bits per heavy atom. The molecule has 1 saturated carbocycles. The van der Waals surface area contributed by atoms with Gasteiger partial charge in [0.05, 0.1) is 9.58 Å². The number of carbonyl (C=O) groups is 2. The Hall–Kier alpha value is -1.47. The number of amides is 1. The largest absolute Gasteiger partial charge is 0.480 e. The number of fused-ring (bicyclic) bond motifs is 1. The number of rotatable bonds is 3. The molecule has 2 heterocycles. The van der Waals surface area contributed by atoms with E-state index < -0.39 is 11.5 Å². The molecule has 2 aromatic heterocycles. The number of carbonyl (C=O) groups excluding carboxylic acids is 1. The molecule has 1 fully saturated rings. The van der Waals surface area contributed by atoms with E-state index in [1.807, 2.05) is 0 Å². The summed E-state index contributed by atoms with van der Waals surface area (Å²) in [7, 11) is 0. The zero-order chi connectivity index (χ0) is 15.7. The topological polar surface area (TPSA) is 79.3 Å². The summed E-state index contributed by atoms with van der Waals surface area (Å²) >= 11 is 4.73. The second kappa shape index (κ2) is 5.96. The second-order valence-corrected chi connectivity index (χ2v) is 7.48. The lowest BCUT2D eigenvalue weighted by Crippen LogP contribution is -2.55. The zero-order valence-electron chi connectivity index (χ0n) is 11.8. The van der Waals surface area contributed by atoms with Crippen LogP contribution in [0.5, 0.6) is 0 Å². The standard InChI is InChI=1S/C15H15BrN2O3S/c16-10-7-17-8-12-9(10)6-11(22-12)13(19)18-15(14(20)21)4-2-1-3-5-15/h6-8H,1-5H2,(H,18,19)(H,20,21). The van der Waals surface area contributed by atoms with Gasteiger partial charge in [0, 0.05) is 22.3 Å². The Kier molecular flexibility index (Phi) is 4.18. The highest BCUT2D eigenvalue weighted by Crippen LogP contribution is 2.32. The van der Waals surface area contributed by atoms with Crippen molar-refractivity contribution in [1.82, 2.24) is 10.3 Å². The van der Waals surface area contributed by atoms with Gasteiger partial charge in [-0.2, -0.15) is 0 Å². The van der Waals surface area contributed by atoms with Gasteiger partial charge in [0.15, 0.2) is 0 Å². The molecule has 0 atom stereocenters. The van der Waals surface area contributed by atoms with Crippen LogP contribution in [0.2, 0.25) is 0 Å². The minimum atomic E-state index is -1.12. The molecule has 22 heavy (non-hydrogen) atoms. The van der Waals surface area contributed by atoms with E-state index in [1.54, 1.807) is 18.5 Å². The Morgan fingerprint density at radius 2 is 2.00 bits per heavy atom. The lowest BCUT2D eigenvalue weighted by molar-refractivity contribution is -0.145. The van der Waals surface area contributed by atoms with Gasteiger partial charge in [-0.3, -0.25) is 9.78 Å². The number of nitrogens with one attached hydrogen (secondary N) is 1. The molecular formula is C15H15BrN2O3S. The maximum absolute atomic E-state index is 12.5. The van der Waals surface area contributed by atoms with Crippen LogP contribution in [0.15, 0.2) is 22.9 Å². The van der Waals surface area contributed by atoms with E-state index in [4.69, 9.17) is 0 Å². The van der Waals surface area contributed by atoms with Crippen LogP contribution in [0, 0.1) is 0 Å². The lowest BCUT2D eigenvalue weighted by Gasteiger charge is -2.33. The molecular weight excluding hydrogens is 368 g/mol. The summed E-state index contributed by atoms with van der Waals surface area (Å²) in [4.78, 5) is 28.7. The molecule has 1 amide bonds.